The summed E-state index contributed by atoms with van der Waals surface area (Å²) in [6.45, 7) is 8.78. The minimum Gasteiger partial charge on any atom is -0.398 e. The Kier molecular flexibility index (Phi) is 5.15. The van der Waals surface area contributed by atoms with E-state index in [0.29, 0.717) is 0 Å². The minimum atomic E-state index is 0.787. The van der Waals surface area contributed by atoms with Gasteiger partial charge < -0.3 is 20.9 Å². The zero-order valence-electron chi connectivity index (χ0n) is 13.1. The highest BCUT2D eigenvalue weighted by Crippen LogP contribution is 2.24. The van der Waals surface area contributed by atoms with Crippen molar-refractivity contribution in [2.75, 3.05) is 64.1 Å². The normalized spacial score (nSPS) is 21.1. The van der Waals surface area contributed by atoms with E-state index in [4.69, 9.17) is 20.9 Å². The average Bonchev–Trinajstić information content (AvgIpc) is 2.54. The van der Waals surface area contributed by atoms with E-state index in [9.17, 15) is 0 Å². The third kappa shape index (κ3) is 3.89. The Hall–Kier alpha value is -1.34. The van der Waals surface area contributed by atoms with Gasteiger partial charge in [-0.25, -0.2) is 0 Å². The monoisotopic (exact) mass is 306 g/mol. The topological polar surface area (TPSA) is 77.0 Å². The lowest BCUT2D eigenvalue weighted by Crippen LogP contribution is -2.36. The summed E-state index contributed by atoms with van der Waals surface area (Å²) in [5, 5.41) is 0. The summed E-state index contributed by atoms with van der Waals surface area (Å²) in [4.78, 5) is 4.76. The Bertz CT molecular complexity index is 456. The van der Waals surface area contributed by atoms with Crippen molar-refractivity contribution in [3.8, 4) is 0 Å². The number of hydrogen-bond donors (Lipinski definition) is 2. The molecule has 2 saturated heterocycles. The third-order valence-electron chi connectivity index (χ3n) is 4.40. The highest BCUT2D eigenvalue weighted by Gasteiger charge is 2.16. The predicted octanol–water partition coefficient (Wildman–Crippen LogP) is 0.515. The lowest BCUT2D eigenvalue weighted by atomic mass is 10.0. The lowest BCUT2D eigenvalue weighted by molar-refractivity contribution is 0.0335. The Morgan fingerprint density at radius 2 is 1.14 bits per heavy atom. The molecule has 6 heteroatoms. The maximum Gasteiger partial charge on any atom is 0.0594 e. The van der Waals surface area contributed by atoms with Crippen LogP contribution in [0.4, 0.5) is 11.4 Å². The number of morpholine rings is 2. The first-order valence-electron chi connectivity index (χ1n) is 7.99. The fourth-order valence-corrected chi connectivity index (χ4v) is 3.00. The molecule has 0 amide bonds. The van der Waals surface area contributed by atoms with Crippen molar-refractivity contribution in [3.63, 3.8) is 0 Å². The highest BCUT2D eigenvalue weighted by atomic mass is 16.5. The molecule has 0 aromatic heterocycles. The van der Waals surface area contributed by atoms with E-state index in [1.807, 2.05) is 6.07 Å². The van der Waals surface area contributed by atoms with Gasteiger partial charge >= 0.3 is 0 Å². The number of nitrogen functional groups attached to an aromatic ring is 2. The van der Waals surface area contributed by atoms with E-state index in [2.05, 4.69) is 15.9 Å². The fourth-order valence-electron chi connectivity index (χ4n) is 3.00. The zero-order chi connectivity index (χ0) is 15.4. The van der Waals surface area contributed by atoms with E-state index in [1.165, 1.54) is 11.1 Å². The maximum absolute atomic E-state index is 6.17. The summed E-state index contributed by atoms with van der Waals surface area (Å²) in [5.74, 6) is 0. The molecule has 1 aromatic rings. The quantitative estimate of drug-likeness (QED) is 0.790. The molecule has 0 atom stereocenters. The van der Waals surface area contributed by atoms with Crippen LogP contribution in [0.25, 0.3) is 0 Å². The van der Waals surface area contributed by atoms with Gasteiger partial charge in [-0.1, -0.05) is 0 Å². The summed E-state index contributed by atoms with van der Waals surface area (Å²) in [5.41, 5.74) is 16.2. The Morgan fingerprint density at radius 3 is 1.55 bits per heavy atom. The molecule has 22 heavy (non-hydrogen) atoms. The fraction of sp³-hybridized carbons (Fsp3) is 0.625. The van der Waals surface area contributed by atoms with Crippen molar-refractivity contribution in [1.29, 1.82) is 0 Å². The van der Waals surface area contributed by atoms with Gasteiger partial charge in [-0.2, -0.15) is 0 Å². The molecule has 0 spiro atoms. The summed E-state index contributed by atoms with van der Waals surface area (Å²) in [6.07, 6.45) is 0. The Balaban J connectivity index is 1.70. The first kappa shape index (κ1) is 15.6. The van der Waals surface area contributed by atoms with Crippen LogP contribution < -0.4 is 11.5 Å². The number of nitrogens with zero attached hydrogens (tertiary/aromatic N) is 2. The van der Waals surface area contributed by atoms with Crippen LogP contribution in [0.5, 0.6) is 0 Å². The molecule has 2 fully saturated rings. The van der Waals surface area contributed by atoms with Gasteiger partial charge in [0.15, 0.2) is 0 Å². The molecule has 1 aromatic carbocycles. The molecule has 0 unspecified atom stereocenters. The van der Waals surface area contributed by atoms with Crippen LogP contribution in [0.3, 0.4) is 0 Å². The number of nitrogens with two attached hydrogens (primary N) is 2. The van der Waals surface area contributed by atoms with Gasteiger partial charge in [-0.15, -0.1) is 0 Å². The maximum atomic E-state index is 6.17. The van der Waals surface area contributed by atoms with Crippen molar-refractivity contribution in [2.24, 2.45) is 0 Å². The molecule has 2 aliphatic rings. The van der Waals surface area contributed by atoms with Gasteiger partial charge in [0, 0.05) is 50.6 Å². The smallest absolute Gasteiger partial charge is 0.0594 e. The van der Waals surface area contributed by atoms with Gasteiger partial charge in [0.05, 0.1) is 26.4 Å². The molecule has 6 nitrogen and oxygen atoms in total. The summed E-state index contributed by atoms with van der Waals surface area (Å²) in [7, 11) is 0. The largest absolute Gasteiger partial charge is 0.398 e. The lowest BCUT2D eigenvalue weighted by Gasteiger charge is -2.29. The van der Waals surface area contributed by atoms with E-state index in [0.717, 1.165) is 77.1 Å². The van der Waals surface area contributed by atoms with Crippen molar-refractivity contribution >= 4 is 11.4 Å². The van der Waals surface area contributed by atoms with E-state index in [1.54, 1.807) is 0 Å². The van der Waals surface area contributed by atoms with Gasteiger partial charge in [-0.05, 0) is 23.3 Å². The molecular weight excluding hydrogens is 280 g/mol. The van der Waals surface area contributed by atoms with Crippen LogP contribution in [-0.2, 0) is 22.6 Å². The number of hydrogen-bond acceptors (Lipinski definition) is 6. The number of benzene rings is 1. The average molecular weight is 306 g/mol. The molecule has 2 heterocycles. The molecule has 0 radical (unpaired) electrons. The standard InChI is InChI=1S/C16H26N4O2/c17-15-10-16(18)14(12-20-3-7-22-8-4-20)9-13(15)11-19-1-5-21-6-2-19/h9-10H,1-8,11-12,17-18H2. The number of rotatable bonds is 4. The minimum absolute atomic E-state index is 0.787. The highest BCUT2D eigenvalue weighted by molar-refractivity contribution is 5.61. The predicted molar refractivity (Wildman–Crippen MR) is 87.5 cm³/mol. The molecule has 4 N–H and O–H groups in total. The van der Waals surface area contributed by atoms with E-state index >= 15 is 0 Å². The first-order chi connectivity index (χ1) is 10.7. The van der Waals surface area contributed by atoms with Gasteiger partial charge in [0.2, 0.25) is 0 Å². The van der Waals surface area contributed by atoms with Crippen molar-refractivity contribution < 1.29 is 9.47 Å². The van der Waals surface area contributed by atoms with Crippen LogP contribution in [-0.4, -0.2) is 62.4 Å². The summed E-state index contributed by atoms with van der Waals surface area (Å²) < 4.78 is 10.8. The molecule has 0 bridgehead atoms. The van der Waals surface area contributed by atoms with Gasteiger partial charge in [0.1, 0.15) is 0 Å². The molecular formula is C16H26N4O2. The van der Waals surface area contributed by atoms with Crippen LogP contribution in [0.1, 0.15) is 11.1 Å². The zero-order valence-corrected chi connectivity index (χ0v) is 13.1. The van der Waals surface area contributed by atoms with Crippen LogP contribution in [0, 0.1) is 0 Å². The second kappa shape index (κ2) is 7.28. The molecule has 3 rings (SSSR count). The van der Waals surface area contributed by atoms with Gasteiger partial charge in [0.25, 0.3) is 0 Å². The second-order valence-corrected chi connectivity index (χ2v) is 6.03. The van der Waals surface area contributed by atoms with E-state index < -0.39 is 0 Å². The summed E-state index contributed by atoms with van der Waals surface area (Å²) >= 11 is 0. The van der Waals surface area contributed by atoms with Crippen LogP contribution >= 0.6 is 0 Å². The molecule has 0 aliphatic carbocycles. The van der Waals surface area contributed by atoms with Crippen molar-refractivity contribution in [2.45, 2.75) is 13.1 Å². The summed E-state index contributed by atoms with van der Waals surface area (Å²) in [6, 6.07) is 4.08. The first-order valence-corrected chi connectivity index (χ1v) is 7.99. The van der Waals surface area contributed by atoms with Crippen molar-refractivity contribution in [1.82, 2.24) is 9.80 Å². The SMILES string of the molecule is Nc1cc(N)c(CN2CCOCC2)cc1CN1CCOCC1. The molecule has 0 saturated carbocycles. The Morgan fingerprint density at radius 1 is 0.727 bits per heavy atom. The number of anilines is 2. The number of ether oxygens (including phenoxy) is 2. The van der Waals surface area contributed by atoms with Crippen LogP contribution in [0.15, 0.2) is 12.1 Å². The van der Waals surface area contributed by atoms with Gasteiger partial charge in [-0.3, -0.25) is 9.80 Å². The molecule has 2 aliphatic heterocycles. The Labute approximate surface area is 131 Å². The van der Waals surface area contributed by atoms with E-state index in [-0.39, 0.29) is 0 Å². The van der Waals surface area contributed by atoms with Crippen LogP contribution in [0.2, 0.25) is 0 Å². The molecule has 122 valence electrons. The van der Waals surface area contributed by atoms with Crippen molar-refractivity contribution in [3.05, 3.63) is 23.3 Å². The second-order valence-electron chi connectivity index (χ2n) is 6.03. The third-order valence-corrected chi connectivity index (χ3v) is 4.40.